The van der Waals surface area contributed by atoms with Crippen molar-refractivity contribution >= 4 is 28.9 Å². The average Bonchev–Trinajstić information content (AvgIpc) is 3.26. The number of benzene rings is 2. The molecule has 3 N–H and O–H groups in total. The minimum Gasteiger partial charge on any atom is -0.497 e. The van der Waals surface area contributed by atoms with Crippen molar-refractivity contribution in [3.63, 3.8) is 0 Å². The number of fused-ring (bicyclic) bond motifs is 1. The van der Waals surface area contributed by atoms with Gasteiger partial charge in [0.2, 0.25) is 5.54 Å². The first-order valence-electron chi connectivity index (χ1n) is 9.63. The second-order valence-corrected chi connectivity index (χ2v) is 7.14. The number of ether oxygens (including phenoxy) is 1. The van der Waals surface area contributed by atoms with Gasteiger partial charge in [0.1, 0.15) is 12.9 Å². The largest absolute Gasteiger partial charge is 0.497 e. The van der Waals surface area contributed by atoms with Crippen LogP contribution in [0.3, 0.4) is 0 Å². The summed E-state index contributed by atoms with van der Waals surface area (Å²) < 4.78 is 6.69. The van der Waals surface area contributed by atoms with E-state index in [9.17, 15) is 14.7 Å². The van der Waals surface area contributed by atoms with Crippen LogP contribution < -0.4 is 15.4 Å². The number of aromatic hydroxyl groups is 1. The fraction of sp³-hybridized carbons (Fsp3) is 0.174. The lowest BCUT2D eigenvalue weighted by Crippen LogP contribution is -2.49. The summed E-state index contributed by atoms with van der Waals surface area (Å²) in [5.41, 5.74) is -0.0953. The van der Waals surface area contributed by atoms with Crippen LogP contribution in [0.15, 0.2) is 53.8 Å². The van der Waals surface area contributed by atoms with Crippen LogP contribution in [-0.4, -0.2) is 47.6 Å². The molecular formula is C23H20N4O5. The summed E-state index contributed by atoms with van der Waals surface area (Å²) in [4.78, 5) is 29.3. The Labute approximate surface area is 183 Å². The molecule has 1 aliphatic rings. The molecule has 162 valence electrons. The predicted molar refractivity (Wildman–Crippen MR) is 117 cm³/mol. The van der Waals surface area contributed by atoms with E-state index in [2.05, 4.69) is 32.5 Å². The molecule has 0 saturated carbocycles. The number of carbonyl (C=O) groups excluding carboxylic acids is 2. The van der Waals surface area contributed by atoms with Crippen molar-refractivity contribution in [3.05, 3.63) is 59.8 Å². The molecule has 9 heteroatoms. The summed E-state index contributed by atoms with van der Waals surface area (Å²) in [6.45, 7) is -0.0843. The molecule has 0 unspecified atom stereocenters. The molecule has 4 rings (SSSR count). The molecule has 1 aromatic heterocycles. The quantitative estimate of drug-likeness (QED) is 0.247. The number of oxime groups is 1. The van der Waals surface area contributed by atoms with Crippen LogP contribution in [-0.2, 0) is 16.2 Å². The molecular weight excluding hydrogens is 412 g/mol. The minimum atomic E-state index is -1.55. The Kier molecular flexibility index (Phi) is 5.43. The third-order valence-corrected chi connectivity index (χ3v) is 5.06. The highest BCUT2D eigenvalue weighted by Crippen LogP contribution is 2.31. The molecule has 0 spiro atoms. The van der Waals surface area contributed by atoms with Gasteiger partial charge in [0, 0.05) is 22.5 Å². The standard InChI is InChI=1S/C23H20N4O5/c1-31-18-8-7-17-13-27(20(28)19(17)11-18)14-23(21(29)25-22(30)26-23)10-9-15-3-5-16(6-4-15)12-24-32-2/h3-8,11-13,28H,14H2,1-2H3,(H2,25,26,29,30)/t23-/m1/s1. The minimum absolute atomic E-state index is 0.0594. The lowest BCUT2D eigenvalue weighted by Gasteiger charge is -2.20. The predicted octanol–water partition coefficient (Wildman–Crippen LogP) is 1.97. The fourth-order valence-electron chi connectivity index (χ4n) is 3.40. The number of hydrogen-bond acceptors (Lipinski definition) is 6. The van der Waals surface area contributed by atoms with Crippen LogP contribution in [0.4, 0.5) is 4.79 Å². The van der Waals surface area contributed by atoms with Crippen LogP contribution in [0.25, 0.3) is 10.8 Å². The fourth-order valence-corrected chi connectivity index (χ4v) is 3.40. The van der Waals surface area contributed by atoms with E-state index in [1.165, 1.54) is 18.8 Å². The van der Waals surface area contributed by atoms with Gasteiger partial charge in [-0.15, -0.1) is 0 Å². The summed E-state index contributed by atoms with van der Waals surface area (Å²) in [5.74, 6) is 5.77. The van der Waals surface area contributed by atoms with E-state index >= 15 is 0 Å². The number of methoxy groups -OCH3 is 1. The molecule has 0 radical (unpaired) electrons. The molecule has 1 saturated heterocycles. The number of nitrogens with one attached hydrogen (secondary N) is 2. The van der Waals surface area contributed by atoms with E-state index in [0.29, 0.717) is 16.7 Å². The van der Waals surface area contributed by atoms with Gasteiger partial charge in [0.15, 0.2) is 5.88 Å². The molecule has 0 aliphatic carbocycles. The molecule has 9 nitrogen and oxygen atoms in total. The highest BCUT2D eigenvalue weighted by Gasteiger charge is 2.46. The van der Waals surface area contributed by atoms with Crippen LogP contribution in [0.2, 0.25) is 0 Å². The molecule has 1 atom stereocenters. The third-order valence-electron chi connectivity index (χ3n) is 5.06. The van der Waals surface area contributed by atoms with Crippen LogP contribution in [0, 0.1) is 11.8 Å². The highest BCUT2D eigenvalue weighted by atomic mass is 16.6. The first-order valence-corrected chi connectivity index (χ1v) is 9.63. The zero-order chi connectivity index (χ0) is 22.7. The van der Waals surface area contributed by atoms with Crippen molar-refractivity contribution in [2.45, 2.75) is 12.1 Å². The van der Waals surface area contributed by atoms with Crippen LogP contribution in [0.5, 0.6) is 11.6 Å². The van der Waals surface area contributed by atoms with E-state index in [1.54, 1.807) is 54.9 Å². The zero-order valence-corrected chi connectivity index (χ0v) is 17.4. The van der Waals surface area contributed by atoms with Crippen LogP contribution >= 0.6 is 0 Å². The average molecular weight is 432 g/mol. The highest BCUT2D eigenvalue weighted by molar-refractivity contribution is 6.09. The molecule has 1 fully saturated rings. The number of hydrogen-bond donors (Lipinski definition) is 3. The van der Waals surface area contributed by atoms with Gasteiger partial charge in [-0.05, 0) is 35.9 Å². The number of amides is 3. The van der Waals surface area contributed by atoms with Crippen molar-refractivity contribution in [1.82, 2.24) is 15.2 Å². The molecule has 0 bridgehead atoms. The Balaban J connectivity index is 1.68. The van der Waals surface area contributed by atoms with Gasteiger partial charge in [-0.3, -0.25) is 10.1 Å². The first kappa shape index (κ1) is 20.8. The van der Waals surface area contributed by atoms with Gasteiger partial charge in [-0.1, -0.05) is 29.1 Å². The molecule has 3 aromatic rings. The summed E-state index contributed by atoms with van der Waals surface area (Å²) in [6, 6.07) is 11.7. The van der Waals surface area contributed by atoms with E-state index in [-0.39, 0.29) is 12.4 Å². The SMILES string of the molecule is CON=Cc1ccc(C#C[C@]2(Cn3cc4ccc(OC)cc4c3O)NC(=O)NC2=O)cc1. The van der Waals surface area contributed by atoms with Gasteiger partial charge < -0.3 is 24.6 Å². The summed E-state index contributed by atoms with van der Waals surface area (Å²) in [6.07, 6.45) is 3.24. The first-order chi connectivity index (χ1) is 15.4. The molecule has 2 heterocycles. The summed E-state index contributed by atoms with van der Waals surface area (Å²) in [5, 5.41) is 20.6. The smallest absolute Gasteiger partial charge is 0.323 e. The second kappa shape index (κ2) is 8.35. The number of imide groups is 1. The Hall–Kier alpha value is -4.45. The Morgan fingerprint density at radius 3 is 2.62 bits per heavy atom. The normalized spacial score (nSPS) is 17.7. The Morgan fingerprint density at radius 1 is 1.19 bits per heavy atom. The van der Waals surface area contributed by atoms with E-state index in [1.807, 2.05) is 0 Å². The lowest BCUT2D eigenvalue weighted by molar-refractivity contribution is -0.122. The molecule has 1 aliphatic heterocycles. The maximum absolute atomic E-state index is 12.7. The van der Waals surface area contributed by atoms with Gasteiger partial charge in [-0.25, -0.2) is 4.79 Å². The van der Waals surface area contributed by atoms with Crippen molar-refractivity contribution in [2.24, 2.45) is 5.16 Å². The number of rotatable bonds is 5. The maximum Gasteiger partial charge on any atom is 0.323 e. The molecule has 3 amide bonds. The third kappa shape index (κ3) is 3.94. The Bertz CT molecular complexity index is 1280. The van der Waals surface area contributed by atoms with Crippen molar-refractivity contribution in [3.8, 4) is 23.5 Å². The van der Waals surface area contributed by atoms with Crippen molar-refractivity contribution in [2.75, 3.05) is 14.2 Å². The van der Waals surface area contributed by atoms with Crippen LogP contribution in [0.1, 0.15) is 11.1 Å². The van der Waals surface area contributed by atoms with Crippen molar-refractivity contribution in [1.29, 1.82) is 0 Å². The summed E-state index contributed by atoms with van der Waals surface area (Å²) in [7, 11) is 2.99. The Morgan fingerprint density at radius 2 is 1.97 bits per heavy atom. The molecule has 32 heavy (non-hydrogen) atoms. The van der Waals surface area contributed by atoms with Gasteiger partial charge >= 0.3 is 6.03 Å². The van der Waals surface area contributed by atoms with Gasteiger partial charge in [0.05, 0.1) is 19.9 Å². The summed E-state index contributed by atoms with van der Waals surface area (Å²) >= 11 is 0. The number of nitrogens with zero attached hydrogens (tertiary/aromatic N) is 2. The van der Waals surface area contributed by atoms with Gasteiger partial charge in [0.25, 0.3) is 5.91 Å². The molecule has 2 aromatic carbocycles. The monoisotopic (exact) mass is 432 g/mol. The zero-order valence-electron chi connectivity index (χ0n) is 17.4. The maximum atomic E-state index is 12.7. The number of carbonyl (C=O) groups is 2. The lowest BCUT2D eigenvalue weighted by atomic mass is 9.99. The number of aromatic nitrogens is 1. The second-order valence-electron chi connectivity index (χ2n) is 7.14. The van der Waals surface area contributed by atoms with Crippen molar-refractivity contribution < 1.29 is 24.3 Å². The number of urea groups is 1. The van der Waals surface area contributed by atoms with Gasteiger partial charge in [-0.2, -0.15) is 0 Å². The van der Waals surface area contributed by atoms with E-state index in [4.69, 9.17) is 4.74 Å². The topological polar surface area (TPSA) is 114 Å². The van der Waals surface area contributed by atoms with E-state index < -0.39 is 17.5 Å². The van der Waals surface area contributed by atoms with E-state index in [0.717, 1.165) is 10.9 Å².